The maximum Gasteiger partial charge on any atom is 0.237 e. The van der Waals surface area contributed by atoms with Crippen molar-refractivity contribution in [3.63, 3.8) is 0 Å². The molecule has 0 fully saturated rings. The second kappa shape index (κ2) is 7.78. The number of nitrogens with zero attached hydrogens (tertiary/aromatic N) is 2. The second-order valence-corrected chi connectivity index (χ2v) is 12.4. The summed E-state index contributed by atoms with van der Waals surface area (Å²) >= 11 is 0. The molecule has 1 aromatic carbocycles. The number of hydrogen-bond acceptors (Lipinski definition) is 3. The Labute approximate surface area is 146 Å². The van der Waals surface area contributed by atoms with Gasteiger partial charge in [-0.25, -0.2) is 4.90 Å². The van der Waals surface area contributed by atoms with Crippen LogP contribution in [-0.2, 0) is 15.6 Å². The SMILES string of the molecule is C=C(CO[Si](C)(C)C(C)(C)C)Cc1ccccc1N(C#N)C(C)=O. The van der Waals surface area contributed by atoms with Gasteiger partial charge in [-0.15, -0.1) is 0 Å². The largest absolute Gasteiger partial charge is 0.413 e. The third-order valence-electron chi connectivity index (χ3n) is 4.53. The summed E-state index contributed by atoms with van der Waals surface area (Å²) in [4.78, 5) is 12.8. The van der Waals surface area contributed by atoms with Crippen molar-refractivity contribution in [3.8, 4) is 6.19 Å². The number of hydrogen-bond donors (Lipinski definition) is 0. The maximum absolute atomic E-state index is 11.6. The highest BCUT2D eigenvalue weighted by Gasteiger charge is 2.37. The number of benzene rings is 1. The van der Waals surface area contributed by atoms with E-state index in [0.29, 0.717) is 18.7 Å². The minimum Gasteiger partial charge on any atom is -0.413 e. The summed E-state index contributed by atoms with van der Waals surface area (Å²) in [7, 11) is -1.82. The molecule has 0 N–H and O–H groups in total. The zero-order chi connectivity index (χ0) is 18.5. The Morgan fingerprint density at radius 1 is 1.33 bits per heavy atom. The Hall–Kier alpha value is -1.90. The van der Waals surface area contributed by atoms with Crippen molar-refractivity contribution < 1.29 is 9.22 Å². The van der Waals surface area contributed by atoms with Gasteiger partial charge in [0, 0.05) is 6.92 Å². The van der Waals surface area contributed by atoms with Crippen molar-refractivity contribution in [2.24, 2.45) is 0 Å². The molecule has 0 radical (unpaired) electrons. The summed E-state index contributed by atoms with van der Waals surface area (Å²) in [6.45, 7) is 17.0. The molecule has 0 aliphatic rings. The van der Waals surface area contributed by atoms with E-state index in [1.54, 1.807) is 6.07 Å². The van der Waals surface area contributed by atoms with Gasteiger partial charge < -0.3 is 4.43 Å². The van der Waals surface area contributed by atoms with E-state index in [1.165, 1.54) is 6.92 Å². The highest BCUT2D eigenvalue weighted by molar-refractivity contribution is 6.74. The van der Waals surface area contributed by atoms with Gasteiger partial charge in [0.2, 0.25) is 5.91 Å². The molecule has 0 aliphatic heterocycles. The lowest BCUT2D eigenvalue weighted by Gasteiger charge is -2.36. The molecule has 130 valence electrons. The zero-order valence-electron chi connectivity index (χ0n) is 15.6. The Kier molecular flexibility index (Phi) is 6.53. The number of amides is 1. The van der Waals surface area contributed by atoms with Crippen LogP contribution in [0.3, 0.4) is 0 Å². The molecule has 0 heterocycles. The Bertz CT molecular complexity index is 654. The van der Waals surface area contributed by atoms with Crippen LogP contribution in [0.15, 0.2) is 36.4 Å². The van der Waals surface area contributed by atoms with E-state index in [9.17, 15) is 10.1 Å². The van der Waals surface area contributed by atoms with Gasteiger partial charge in [0.25, 0.3) is 0 Å². The summed E-state index contributed by atoms with van der Waals surface area (Å²) in [5.74, 6) is -0.298. The average molecular weight is 345 g/mol. The van der Waals surface area contributed by atoms with Crippen molar-refractivity contribution in [1.29, 1.82) is 5.26 Å². The Morgan fingerprint density at radius 3 is 2.42 bits per heavy atom. The van der Waals surface area contributed by atoms with Gasteiger partial charge in [-0.05, 0) is 41.8 Å². The smallest absolute Gasteiger partial charge is 0.237 e. The van der Waals surface area contributed by atoms with E-state index in [1.807, 2.05) is 24.4 Å². The van der Waals surface area contributed by atoms with Crippen LogP contribution in [0.2, 0.25) is 18.1 Å². The monoisotopic (exact) mass is 344 g/mol. The molecule has 0 unspecified atom stereocenters. The minimum absolute atomic E-state index is 0.150. The van der Waals surface area contributed by atoms with Crippen LogP contribution in [0.4, 0.5) is 5.69 Å². The van der Waals surface area contributed by atoms with E-state index < -0.39 is 8.32 Å². The normalized spacial score (nSPS) is 11.7. The number of carbonyl (C=O) groups is 1. The predicted octanol–water partition coefficient (Wildman–Crippen LogP) is 4.64. The predicted molar refractivity (Wildman–Crippen MR) is 101 cm³/mol. The van der Waals surface area contributed by atoms with Gasteiger partial charge in [-0.3, -0.25) is 4.79 Å². The van der Waals surface area contributed by atoms with Crippen LogP contribution in [0.1, 0.15) is 33.3 Å². The van der Waals surface area contributed by atoms with E-state index in [-0.39, 0.29) is 10.9 Å². The highest BCUT2D eigenvalue weighted by Crippen LogP contribution is 2.36. The molecular formula is C19H28N2O2Si. The van der Waals surface area contributed by atoms with Crippen molar-refractivity contribution in [2.75, 3.05) is 11.5 Å². The van der Waals surface area contributed by atoms with Crippen molar-refractivity contribution in [1.82, 2.24) is 0 Å². The van der Waals surface area contributed by atoms with Gasteiger partial charge in [0.15, 0.2) is 14.5 Å². The van der Waals surface area contributed by atoms with E-state index in [4.69, 9.17) is 4.43 Å². The summed E-state index contributed by atoms with van der Waals surface area (Å²) in [6, 6.07) is 7.42. The summed E-state index contributed by atoms with van der Waals surface area (Å²) in [5, 5.41) is 9.37. The van der Waals surface area contributed by atoms with Crippen molar-refractivity contribution >= 4 is 19.9 Å². The molecular weight excluding hydrogens is 316 g/mol. The molecule has 0 atom stereocenters. The number of carbonyl (C=O) groups excluding carboxylic acids is 1. The topological polar surface area (TPSA) is 53.3 Å². The molecule has 4 nitrogen and oxygen atoms in total. The molecule has 0 spiro atoms. The molecule has 0 saturated heterocycles. The van der Waals surface area contributed by atoms with Crippen LogP contribution in [0.25, 0.3) is 0 Å². The van der Waals surface area contributed by atoms with Gasteiger partial charge in [-0.2, -0.15) is 5.26 Å². The van der Waals surface area contributed by atoms with E-state index in [0.717, 1.165) is 16.0 Å². The number of rotatable bonds is 6. The van der Waals surface area contributed by atoms with Crippen molar-refractivity contribution in [3.05, 3.63) is 42.0 Å². The standard InChI is InChI=1S/C19H28N2O2Si/c1-15(13-23-24(6,7)19(3,4)5)12-17-10-8-9-11-18(17)21(14-20)16(2)22/h8-11H,1,12-13H2,2-7H3. The first-order chi connectivity index (χ1) is 11.0. The molecule has 1 rings (SSSR count). The van der Waals surface area contributed by atoms with Crippen LogP contribution in [0, 0.1) is 11.5 Å². The van der Waals surface area contributed by atoms with Crippen LogP contribution < -0.4 is 4.90 Å². The summed E-state index contributed by atoms with van der Waals surface area (Å²) in [5.41, 5.74) is 2.45. The van der Waals surface area contributed by atoms with E-state index >= 15 is 0 Å². The highest BCUT2D eigenvalue weighted by atomic mass is 28.4. The fraction of sp³-hybridized carbons (Fsp3) is 0.474. The minimum atomic E-state index is -1.82. The average Bonchev–Trinajstić information content (AvgIpc) is 2.46. The quantitative estimate of drug-likeness (QED) is 0.327. The van der Waals surface area contributed by atoms with E-state index in [2.05, 4.69) is 40.4 Å². The lowest BCUT2D eigenvalue weighted by molar-refractivity contribution is -0.115. The Morgan fingerprint density at radius 2 is 1.92 bits per heavy atom. The third-order valence-corrected chi connectivity index (χ3v) is 9.01. The fourth-order valence-corrected chi connectivity index (χ4v) is 2.99. The Balaban J connectivity index is 2.86. The molecule has 0 bridgehead atoms. The maximum atomic E-state index is 11.6. The second-order valence-electron chi connectivity index (χ2n) is 7.56. The molecule has 0 saturated carbocycles. The number of anilines is 1. The van der Waals surface area contributed by atoms with Gasteiger partial charge in [0.05, 0.1) is 12.3 Å². The van der Waals surface area contributed by atoms with Crippen LogP contribution in [0.5, 0.6) is 0 Å². The van der Waals surface area contributed by atoms with Gasteiger partial charge in [-0.1, -0.05) is 45.5 Å². The first-order valence-corrected chi connectivity index (χ1v) is 11.0. The summed E-state index contributed by atoms with van der Waals surface area (Å²) in [6.07, 6.45) is 2.52. The van der Waals surface area contributed by atoms with Gasteiger partial charge >= 0.3 is 0 Å². The van der Waals surface area contributed by atoms with Gasteiger partial charge in [0.1, 0.15) is 0 Å². The zero-order valence-corrected chi connectivity index (χ0v) is 16.6. The molecule has 0 aliphatic carbocycles. The third kappa shape index (κ3) is 5.05. The molecule has 1 aromatic rings. The molecule has 1 amide bonds. The fourth-order valence-electron chi connectivity index (χ4n) is 1.99. The van der Waals surface area contributed by atoms with Crippen LogP contribution >= 0.6 is 0 Å². The first kappa shape index (κ1) is 20.1. The lowest BCUT2D eigenvalue weighted by Crippen LogP contribution is -2.41. The van der Waals surface area contributed by atoms with Crippen LogP contribution in [-0.4, -0.2) is 20.8 Å². The molecule has 0 aromatic heterocycles. The number of nitriles is 1. The molecule has 24 heavy (non-hydrogen) atoms. The summed E-state index contributed by atoms with van der Waals surface area (Å²) < 4.78 is 6.20. The number of para-hydroxylation sites is 1. The molecule has 5 heteroatoms. The first-order valence-electron chi connectivity index (χ1n) is 8.08. The van der Waals surface area contributed by atoms with Crippen molar-refractivity contribution in [2.45, 2.75) is 52.2 Å². The lowest BCUT2D eigenvalue weighted by atomic mass is 10.0.